The van der Waals surface area contributed by atoms with E-state index in [2.05, 4.69) is 154 Å². The van der Waals surface area contributed by atoms with Crippen molar-refractivity contribution in [2.24, 2.45) is 0 Å². The second-order valence-corrected chi connectivity index (χ2v) is 18.8. The molecule has 1 aliphatic rings. The zero-order valence-electron chi connectivity index (χ0n) is 47.1. The van der Waals surface area contributed by atoms with Crippen LogP contribution in [0, 0.1) is 0 Å². The van der Waals surface area contributed by atoms with E-state index in [4.69, 9.17) is 23.7 Å². The van der Waals surface area contributed by atoms with Crippen LogP contribution in [0.15, 0.2) is 146 Å². The number of aliphatic hydroxyl groups excluding tert-OH is 2. The molecule has 0 aliphatic carbocycles. The number of carbonyl (C=O) groups is 4. The molecule has 0 radical (unpaired) electrons. The monoisotopic (exact) mass is 1070 g/mol. The molecule has 1 aliphatic heterocycles. The number of hydrogen-bond donors (Lipinski definition) is 3. The number of allylic oxidation sites excluding steroid dienone is 24. The molecule has 12 nitrogen and oxygen atoms in total. The van der Waals surface area contributed by atoms with Gasteiger partial charge in [-0.3, -0.25) is 14.4 Å². The third kappa shape index (κ3) is 41.4. The van der Waals surface area contributed by atoms with Gasteiger partial charge in [-0.2, -0.15) is 0 Å². The summed E-state index contributed by atoms with van der Waals surface area (Å²) >= 11 is 0. The van der Waals surface area contributed by atoms with Gasteiger partial charge in [-0.15, -0.1) is 0 Å². The summed E-state index contributed by atoms with van der Waals surface area (Å²) in [5.74, 6) is -3.32. The maximum absolute atomic E-state index is 13.1. The summed E-state index contributed by atoms with van der Waals surface area (Å²) in [6, 6.07) is 0. The quantitative estimate of drug-likeness (QED) is 0.0228. The van der Waals surface area contributed by atoms with Gasteiger partial charge in [-0.25, -0.2) is 4.79 Å². The summed E-state index contributed by atoms with van der Waals surface area (Å²) in [5, 5.41) is 31.5. The maximum atomic E-state index is 13.1. The van der Waals surface area contributed by atoms with E-state index in [0.29, 0.717) is 25.7 Å². The number of rotatable bonds is 46. The predicted octanol–water partition coefficient (Wildman–Crippen LogP) is 14.8. The number of aliphatic hydroxyl groups is 2. The first-order valence-electron chi connectivity index (χ1n) is 28.8. The zero-order chi connectivity index (χ0) is 56.1. The zero-order valence-corrected chi connectivity index (χ0v) is 47.1. The van der Waals surface area contributed by atoms with Crippen molar-refractivity contribution in [3.63, 3.8) is 0 Å². The van der Waals surface area contributed by atoms with Crippen molar-refractivity contribution >= 4 is 23.9 Å². The molecule has 77 heavy (non-hydrogen) atoms. The highest BCUT2D eigenvalue weighted by Crippen LogP contribution is 2.26. The van der Waals surface area contributed by atoms with Crippen LogP contribution < -0.4 is 0 Å². The van der Waals surface area contributed by atoms with E-state index >= 15 is 0 Å². The van der Waals surface area contributed by atoms with E-state index in [-0.39, 0.29) is 25.9 Å². The SMILES string of the molecule is CC/C=C\C/C=C\C/C=C\C/C=C\CCCCCCC(=O)OCC(COC1OC(C(=O)O)C(O)C(O)C1OC(=O)CCCCCC/C=C\C/C=C\C/C=C\C/C=C\CC)OC(=O)CC/C=C\C/C=C\C/C=C\C/C=C\CC. The first-order chi connectivity index (χ1) is 37.6. The molecule has 1 fully saturated rings. The van der Waals surface area contributed by atoms with Crippen LogP contribution in [0.2, 0.25) is 0 Å². The van der Waals surface area contributed by atoms with E-state index in [0.717, 1.165) is 122 Å². The Labute approximate surface area is 463 Å². The Balaban J connectivity index is 2.77. The Morgan fingerprint density at radius 2 is 0.805 bits per heavy atom. The van der Waals surface area contributed by atoms with Crippen LogP contribution in [0.3, 0.4) is 0 Å². The summed E-state index contributed by atoms with van der Waals surface area (Å²) in [4.78, 5) is 51.1. The number of aliphatic carboxylic acids is 1. The first-order valence-corrected chi connectivity index (χ1v) is 28.8. The van der Waals surface area contributed by atoms with Crippen LogP contribution in [-0.2, 0) is 42.9 Å². The van der Waals surface area contributed by atoms with E-state index < -0.39 is 67.3 Å². The molecule has 1 saturated heterocycles. The molecule has 430 valence electrons. The van der Waals surface area contributed by atoms with Gasteiger partial charge < -0.3 is 39.0 Å². The Hall–Kier alpha value is -5.40. The molecule has 6 atom stereocenters. The summed E-state index contributed by atoms with van der Waals surface area (Å²) in [6.45, 7) is 5.53. The third-order valence-electron chi connectivity index (χ3n) is 11.9. The predicted molar refractivity (Wildman–Crippen MR) is 312 cm³/mol. The highest BCUT2D eigenvalue weighted by atomic mass is 16.7. The van der Waals surface area contributed by atoms with Crippen LogP contribution in [0.4, 0.5) is 0 Å². The van der Waals surface area contributed by atoms with Crippen LogP contribution in [0.5, 0.6) is 0 Å². The minimum Gasteiger partial charge on any atom is -0.479 e. The summed E-state index contributed by atoms with van der Waals surface area (Å²) in [5.41, 5.74) is 0. The number of hydrogen-bond acceptors (Lipinski definition) is 11. The summed E-state index contributed by atoms with van der Waals surface area (Å²) in [7, 11) is 0. The second kappa shape index (κ2) is 51.4. The highest BCUT2D eigenvalue weighted by Gasteiger charge is 2.50. The molecule has 0 saturated carbocycles. The van der Waals surface area contributed by atoms with Gasteiger partial charge in [-0.1, -0.05) is 192 Å². The minimum absolute atomic E-state index is 0.0130. The molecular weight excluding hydrogens is 973 g/mol. The Morgan fingerprint density at radius 1 is 0.429 bits per heavy atom. The minimum atomic E-state index is -1.93. The lowest BCUT2D eigenvalue weighted by molar-refractivity contribution is -0.301. The topological polar surface area (TPSA) is 175 Å². The maximum Gasteiger partial charge on any atom is 0.335 e. The summed E-state index contributed by atoms with van der Waals surface area (Å²) in [6.07, 6.45) is 61.2. The molecule has 0 bridgehead atoms. The lowest BCUT2D eigenvalue weighted by atomic mass is 9.98. The van der Waals surface area contributed by atoms with Crippen molar-refractivity contribution < 1.29 is 58.2 Å². The fourth-order valence-electron chi connectivity index (χ4n) is 7.60. The Kier molecular flexibility index (Phi) is 46.4. The molecule has 0 aromatic rings. The number of esters is 3. The average molecular weight is 1070 g/mol. The van der Waals surface area contributed by atoms with Crippen LogP contribution in [-0.4, -0.2) is 89.2 Å². The van der Waals surface area contributed by atoms with Gasteiger partial charge in [0.15, 0.2) is 24.6 Å². The normalized spacial score (nSPS) is 19.1. The van der Waals surface area contributed by atoms with Crippen LogP contribution in [0.1, 0.15) is 188 Å². The number of carboxylic acid groups (broad SMARTS) is 1. The first kappa shape index (κ1) is 69.6. The highest BCUT2D eigenvalue weighted by molar-refractivity contribution is 5.74. The Morgan fingerprint density at radius 3 is 1.22 bits per heavy atom. The van der Waals surface area contributed by atoms with E-state index in [9.17, 15) is 34.5 Å². The van der Waals surface area contributed by atoms with E-state index in [1.165, 1.54) is 0 Å². The summed E-state index contributed by atoms with van der Waals surface area (Å²) < 4.78 is 28.3. The molecule has 0 spiro atoms. The number of carboxylic acids is 1. The molecule has 6 unspecified atom stereocenters. The average Bonchev–Trinajstić information content (AvgIpc) is 3.42. The van der Waals surface area contributed by atoms with Crippen molar-refractivity contribution in [3.8, 4) is 0 Å². The van der Waals surface area contributed by atoms with Gasteiger partial charge >= 0.3 is 23.9 Å². The van der Waals surface area contributed by atoms with Crippen LogP contribution in [0.25, 0.3) is 0 Å². The molecule has 1 heterocycles. The van der Waals surface area contributed by atoms with E-state index in [1.807, 2.05) is 12.2 Å². The van der Waals surface area contributed by atoms with Gasteiger partial charge in [0.25, 0.3) is 0 Å². The van der Waals surface area contributed by atoms with Crippen molar-refractivity contribution in [2.45, 2.75) is 225 Å². The van der Waals surface area contributed by atoms with Gasteiger partial charge in [0.1, 0.15) is 18.8 Å². The molecule has 12 heteroatoms. The lowest BCUT2D eigenvalue weighted by Gasteiger charge is -2.40. The Bertz CT molecular complexity index is 1890. The van der Waals surface area contributed by atoms with Gasteiger partial charge in [-0.05, 0) is 122 Å². The smallest absolute Gasteiger partial charge is 0.335 e. The number of carbonyl (C=O) groups excluding carboxylic acids is 3. The van der Waals surface area contributed by atoms with Crippen molar-refractivity contribution in [1.82, 2.24) is 0 Å². The van der Waals surface area contributed by atoms with Gasteiger partial charge in [0, 0.05) is 19.3 Å². The second-order valence-electron chi connectivity index (χ2n) is 18.8. The standard InChI is InChI=1S/C65H98O12/c1-4-7-10-13-16-19-22-25-27-29-31-34-36-39-42-45-48-51-57(66)73-54-56(75-58(67)52-49-46-43-40-37-33-24-21-18-15-12-9-6-3)55-74-65-63(61(70)60(69)62(77-65)64(71)72)76-59(68)53-50-47-44-41-38-35-32-30-28-26-23-20-17-14-11-8-5-2/h7-12,16-21,25-28,31-35,37,43,46,56,60-63,65,69-70H,4-6,13-15,22-24,29-30,36,38-42,44-45,47-55H2,1-3H3,(H,71,72)/b10-7-,11-8-,12-9-,19-16-,20-17-,21-18-,27-25-,28-26-,34-31-,35-32-,37-33-,46-43-. The van der Waals surface area contributed by atoms with Crippen molar-refractivity contribution in [2.75, 3.05) is 13.2 Å². The number of ether oxygens (including phenoxy) is 5. The van der Waals surface area contributed by atoms with Crippen molar-refractivity contribution in [3.05, 3.63) is 146 Å². The largest absolute Gasteiger partial charge is 0.479 e. The van der Waals surface area contributed by atoms with Crippen molar-refractivity contribution in [1.29, 1.82) is 0 Å². The fourth-order valence-corrected chi connectivity index (χ4v) is 7.60. The molecule has 0 aromatic carbocycles. The lowest BCUT2D eigenvalue weighted by Crippen LogP contribution is -2.61. The van der Waals surface area contributed by atoms with Crippen LogP contribution >= 0.6 is 0 Å². The fraction of sp³-hybridized carbons (Fsp3) is 0.569. The molecule has 3 N–H and O–H groups in total. The third-order valence-corrected chi connectivity index (χ3v) is 11.9. The van der Waals surface area contributed by atoms with E-state index in [1.54, 1.807) is 0 Å². The molecule has 1 rings (SSSR count). The van der Waals surface area contributed by atoms with Gasteiger partial charge in [0.2, 0.25) is 0 Å². The molecule has 0 amide bonds. The van der Waals surface area contributed by atoms with Gasteiger partial charge in [0.05, 0.1) is 6.61 Å². The molecular formula is C65H98O12. The molecule has 0 aromatic heterocycles. The number of unbranched alkanes of at least 4 members (excludes halogenated alkanes) is 8.